The van der Waals surface area contributed by atoms with Crippen LogP contribution in [-0.4, -0.2) is 25.4 Å². The third-order valence-electron chi connectivity index (χ3n) is 5.21. The first kappa shape index (κ1) is 22.9. The average molecular weight is 413 g/mol. The van der Waals surface area contributed by atoms with Gasteiger partial charge in [0.2, 0.25) is 0 Å². The van der Waals surface area contributed by atoms with Crippen LogP contribution in [0.3, 0.4) is 0 Å². The van der Waals surface area contributed by atoms with Crippen LogP contribution in [0.1, 0.15) is 59.3 Å². The summed E-state index contributed by atoms with van der Waals surface area (Å²) in [6, 6.07) is 20.3. The molecule has 0 bridgehead atoms. The first-order valence-electron chi connectivity index (χ1n) is 10.3. The highest BCUT2D eigenvalue weighted by atomic mass is 28.4. The van der Waals surface area contributed by atoms with Crippen LogP contribution in [0, 0.1) is 0 Å². The number of carboxylic acids is 1. The largest absolute Gasteiger partial charge is 0.510 e. The molecule has 2 aromatic carbocycles. The molecule has 0 aliphatic carbocycles. The number of benzene rings is 2. The summed E-state index contributed by atoms with van der Waals surface area (Å²) in [5, 5.41) is 10.7. The van der Waals surface area contributed by atoms with E-state index >= 15 is 0 Å². The molecule has 0 saturated carbocycles. The molecule has 0 amide bonds. The molecule has 2 rings (SSSR count). The third kappa shape index (κ3) is 6.04. The SMILES string of the molecule is CC(C)(C)[Si](OC(=O)CCCCCCC(=O)O)(c1ccccc1)c1ccccc1. The van der Waals surface area contributed by atoms with Crippen LogP contribution >= 0.6 is 0 Å². The third-order valence-corrected chi connectivity index (χ3v) is 10.1. The molecule has 0 fully saturated rings. The van der Waals surface area contributed by atoms with E-state index in [1.54, 1.807) is 0 Å². The van der Waals surface area contributed by atoms with Crippen molar-refractivity contribution in [3.05, 3.63) is 60.7 Å². The molecule has 0 atom stereocenters. The first-order chi connectivity index (χ1) is 13.8. The van der Waals surface area contributed by atoms with Crippen molar-refractivity contribution in [3.63, 3.8) is 0 Å². The maximum Gasteiger partial charge on any atom is 0.323 e. The van der Waals surface area contributed by atoms with Crippen LogP contribution in [0.5, 0.6) is 0 Å². The second-order valence-corrected chi connectivity index (χ2v) is 12.7. The molecule has 0 unspecified atom stereocenters. The van der Waals surface area contributed by atoms with E-state index in [1.807, 2.05) is 36.4 Å². The number of hydrogen-bond acceptors (Lipinski definition) is 3. The lowest BCUT2D eigenvalue weighted by atomic mass is 10.1. The van der Waals surface area contributed by atoms with E-state index < -0.39 is 14.3 Å². The molecule has 0 aliphatic heterocycles. The highest BCUT2D eigenvalue weighted by Crippen LogP contribution is 2.37. The Kier molecular flexibility index (Phi) is 8.20. The Morgan fingerprint density at radius 3 is 1.66 bits per heavy atom. The minimum Gasteiger partial charge on any atom is -0.510 e. The molecular weight excluding hydrogens is 380 g/mol. The lowest BCUT2D eigenvalue weighted by Gasteiger charge is -2.42. The first-order valence-corrected chi connectivity index (χ1v) is 12.2. The van der Waals surface area contributed by atoms with Crippen LogP contribution in [0.25, 0.3) is 0 Å². The Balaban J connectivity index is 2.20. The molecule has 29 heavy (non-hydrogen) atoms. The summed E-state index contributed by atoms with van der Waals surface area (Å²) < 4.78 is 6.43. The summed E-state index contributed by atoms with van der Waals surface area (Å²) in [4.78, 5) is 23.5. The van der Waals surface area contributed by atoms with Crippen molar-refractivity contribution in [3.8, 4) is 0 Å². The minimum absolute atomic E-state index is 0.169. The smallest absolute Gasteiger partial charge is 0.323 e. The molecular formula is C24H32O4Si. The van der Waals surface area contributed by atoms with E-state index in [9.17, 15) is 9.59 Å². The van der Waals surface area contributed by atoms with Gasteiger partial charge in [-0.1, -0.05) is 94.3 Å². The second kappa shape index (κ2) is 10.4. The van der Waals surface area contributed by atoms with Gasteiger partial charge in [0, 0.05) is 12.8 Å². The molecule has 156 valence electrons. The predicted octanol–water partition coefficient (Wildman–Crippen LogP) is 4.51. The maximum atomic E-state index is 12.9. The average Bonchev–Trinajstić information content (AvgIpc) is 2.69. The highest BCUT2D eigenvalue weighted by molar-refractivity contribution is 7.00. The Morgan fingerprint density at radius 1 is 0.793 bits per heavy atom. The normalized spacial score (nSPS) is 11.8. The summed E-state index contributed by atoms with van der Waals surface area (Å²) in [5.74, 6) is -0.936. The molecule has 0 aromatic heterocycles. The molecule has 2 aromatic rings. The fraction of sp³-hybridized carbons (Fsp3) is 0.417. The zero-order valence-corrected chi connectivity index (χ0v) is 18.7. The van der Waals surface area contributed by atoms with Crippen LogP contribution in [0.15, 0.2) is 60.7 Å². The summed E-state index contributed by atoms with van der Waals surface area (Å²) in [7, 11) is -2.83. The van der Waals surface area contributed by atoms with E-state index in [0.717, 1.165) is 29.6 Å². The van der Waals surface area contributed by atoms with Gasteiger partial charge >= 0.3 is 14.3 Å². The summed E-state index contributed by atoms with van der Waals surface area (Å²) in [6.45, 7) is 6.45. The Labute approximate surface area is 175 Å². The maximum absolute atomic E-state index is 12.9. The lowest BCUT2D eigenvalue weighted by Crippen LogP contribution is -2.67. The van der Waals surface area contributed by atoms with E-state index in [2.05, 4.69) is 45.0 Å². The zero-order chi connectivity index (χ0) is 21.3. The van der Waals surface area contributed by atoms with Crippen molar-refractivity contribution in [1.82, 2.24) is 0 Å². The minimum atomic E-state index is -2.83. The van der Waals surface area contributed by atoms with Gasteiger partial charge in [-0.25, -0.2) is 0 Å². The van der Waals surface area contributed by atoms with E-state index in [-0.39, 0.29) is 17.4 Å². The number of hydrogen-bond donors (Lipinski definition) is 1. The van der Waals surface area contributed by atoms with Gasteiger partial charge in [0.15, 0.2) is 0 Å². The quantitative estimate of drug-likeness (QED) is 0.460. The molecule has 1 N–H and O–H groups in total. The van der Waals surface area contributed by atoms with E-state index in [1.165, 1.54) is 0 Å². The van der Waals surface area contributed by atoms with Gasteiger partial charge in [0.05, 0.1) is 0 Å². The Bertz CT molecular complexity index is 742. The van der Waals surface area contributed by atoms with Gasteiger partial charge in [0.1, 0.15) is 0 Å². The number of carbonyl (C=O) groups is 2. The molecule has 0 heterocycles. The van der Waals surface area contributed by atoms with Crippen LogP contribution in [-0.2, 0) is 14.0 Å². The fourth-order valence-electron chi connectivity index (χ4n) is 3.77. The molecule has 0 spiro atoms. The zero-order valence-electron chi connectivity index (χ0n) is 17.7. The van der Waals surface area contributed by atoms with Gasteiger partial charge in [0.25, 0.3) is 5.97 Å². The van der Waals surface area contributed by atoms with Crippen molar-refractivity contribution >= 4 is 30.6 Å². The van der Waals surface area contributed by atoms with Gasteiger partial charge in [-0.15, -0.1) is 0 Å². The number of carbonyl (C=O) groups excluding carboxylic acids is 1. The number of unbranched alkanes of at least 4 members (excludes halogenated alkanes) is 3. The van der Waals surface area contributed by atoms with Crippen LogP contribution < -0.4 is 10.4 Å². The number of rotatable bonds is 10. The van der Waals surface area contributed by atoms with Gasteiger partial charge in [-0.05, 0) is 28.3 Å². The Hall–Kier alpha value is -2.40. The lowest BCUT2D eigenvalue weighted by molar-refractivity contribution is -0.137. The van der Waals surface area contributed by atoms with Crippen molar-refractivity contribution in [2.75, 3.05) is 0 Å². The van der Waals surface area contributed by atoms with Crippen molar-refractivity contribution in [2.24, 2.45) is 0 Å². The standard InChI is InChI=1S/C24H32O4Si/c1-24(2,3)29(20-14-8-6-9-15-20,21-16-10-7-11-17-21)28-23(27)19-13-5-4-12-18-22(25)26/h6-11,14-17H,4-5,12-13,18-19H2,1-3H3,(H,25,26). The van der Waals surface area contributed by atoms with Crippen molar-refractivity contribution in [1.29, 1.82) is 0 Å². The number of carboxylic acid groups (broad SMARTS) is 1. The van der Waals surface area contributed by atoms with E-state index in [0.29, 0.717) is 12.8 Å². The summed E-state index contributed by atoms with van der Waals surface area (Å²) >= 11 is 0. The Morgan fingerprint density at radius 2 is 1.24 bits per heavy atom. The van der Waals surface area contributed by atoms with Crippen LogP contribution in [0.4, 0.5) is 0 Å². The molecule has 0 aliphatic rings. The monoisotopic (exact) mass is 412 g/mol. The van der Waals surface area contributed by atoms with Crippen molar-refractivity contribution < 1.29 is 19.1 Å². The topological polar surface area (TPSA) is 63.6 Å². The van der Waals surface area contributed by atoms with Crippen LogP contribution in [0.2, 0.25) is 5.04 Å². The molecule has 0 radical (unpaired) electrons. The molecule has 4 nitrogen and oxygen atoms in total. The fourth-order valence-corrected chi connectivity index (χ4v) is 8.14. The van der Waals surface area contributed by atoms with E-state index in [4.69, 9.17) is 9.53 Å². The molecule has 5 heteroatoms. The van der Waals surface area contributed by atoms with Gasteiger partial charge < -0.3 is 9.53 Å². The van der Waals surface area contributed by atoms with Crippen molar-refractivity contribution in [2.45, 2.75) is 64.3 Å². The summed E-state index contributed by atoms with van der Waals surface area (Å²) in [5.41, 5.74) is 0. The number of aliphatic carboxylic acids is 1. The van der Waals surface area contributed by atoms with Gasteiger partial charge in [-0.3, -0.25) is 9.59 Å². The predicted molar refractivity (Wildman–Crippen MR) is 119 cm³/mol. The van der Waals surface area contributed by atoms with Gasteiger partial charge in [-0.2, -0.15) is 0 Å². The second-order valence-electron chi connectivity index (χ2n) is 8.45. The highest BCUT2D eigenvalue weighted by Gasteiger charge is 2.52. The molecule has 0 saturated heterocycles. The summed E-state index contributed by atoms with van der Waals surface area (Å²) in [6.07, 6.45) is 3.57.